The van der Waals surface area contributed by atoms with Crippen molar-refractivity contribution >= 4 is 11.6 Å². The third kappa shape index (κ3) is 4.21. The number of rotatable bonds is 5. The summed E-state index contributed by atoms with van der Waals surface area (Å²) in [5.41, 5.74) is 4.01. The van der Waals surface area contributed by atoms with Crippen LogP contribution in [-0.2, 0) is 17.8 Å². The molecule has 1 amide bonds. The molecule has 1 atom stereocenters. The third-order valence-electron chi connectivity index (χ3n) is 3.93. The quantitative estimate of drug-likeness (QED) is 0.872. The molecule has 21 heavy (non-hydrogen) atoms. The summed E-state index contributed by atoms with van der Waals surface area (Å²) in [4.78, 5) is 14.2. The van der Waals surface area contributed by atoms with Crippen molar-refractivity contribution in [2.75, 3.05) is 18.5 Å². The van der Waals surface area contributed by atoms with Gasteiger partial charge in [-0.3, -0.25) is 4.79 Å². The molecule has 0 bridgehead atoms. The molecule has 116 valence electrons. The molecule has 0 spiro atoms. The second-order valence-corrected chi connectivity index (χ2v) is 6.25. The van der Waals surface area contributed by atoms with Crippen molar-refractivity contribution in [1.29, 1.82) is 0 Å². The van der Waals surface area contributed by atoms with Gasteiger partial charge in [0.25, 0.3) is 0 Å². The second-order valence-electron chi connectivity index (χ2n) is 6.25. The van der Waals surface area contributed by atoms with Gasteiger partial charge in [-0.2, -0.15) is 0 Å². The minimum atomic E-state index is -0.175. The van der Waals surface area contributed by atoms with Crippen molar-refractivity contribution in [1.82, 2.24) is 10.6 Å². The van der Waals surface area contributed by atoms with E-state index in [1.807, 2.05) is 20.8 Å². The first-order valence-corrected chi connectivity index (χ1v) is 7.84. The summed E-state index contributed by atoms with van der Waals surface area (Å²) in [5, 5.41) is 6.22. The highest BCUT2D eigenvalue weighted by Crippen LogP contribution is 2.26. The van der Waals surface area contributed by atoms with Gasteiger partial charge in [0.05, 0.1) is 6.04 Å². The van der Waals surface area contributed by atoms with E-state index in [9.17, 15) is 4.79 Å². The van der Waals surface area contributed by atoms with Gasteiger partial charge in [0, 0.05) is 31.9 Å². The highest BCUT2D eigenvalue weighted by Gasteiger charge is 2.15. The predicted molar refractivity (Wildman–Crippen MR) is 87.6 cm³/mol. The summed E-state index contributed by atoms with van der Waals surface area (Å²) in [5.74, 6) is 0.0580. The maximum atomic E-state index is 11.9. The van der Waals surface area contributed by atoms with Crippen LogP contribution in [0.15, 0.2) is 18.2 Å². The number of nitrogens with one attached hydrogen (secondary N) is 2. The highest BCUT2D eigenvalue weighted by atomic mass is 16.2. The normalized spacial score (nSPS) is 15.8. The van der Waals surface area contributed by atoms with Crippen LogP contribution >= 0.6 is 0 Å². The van der Waals surface area contributed by atoms with E-state index in [-0.39, 0.29) is 18.0 Å². The molecule has 0 saturated heterocycles. The molecule has 1 unspecified atom stereocenters. The zero-order chi connectivity index (χ0) is 15.4. The maximum absolute atomic E-state index is 11.9. The van der Waals surface area contributed by atoms with Crippen molar-refractivity contribution in [3.8, 4) is 0 Å². The van der Waals surface area contributed by atoms with E-state index >= 15 is 0 Å². The average molecular weight is 289 g/mol. The van der Waals surface area contributed by atoms with E-state index < -0.39 is 0 Å². The van der Waals surface area contributed by atoms with Crippen LogP contribution in [0.3, 0.4) is 0 Å². The number of carbonyl (C=O) groups excluding carboxylic acids is 1. The molecule has 0 fully saturated rings. The lowest BCUT2D eigenvalue weighted by Crippen LogP contribution is -2.44. The van der Waals surface area contributed by atoms with Gasteiger partial charge in [-0.25, -0.2) is 0 Å². The Labute approximate surface area is 127 Å². The molecule has 1 aromatic carbocycles. The Bertz CT molecular complexity index is 499. The Hall–Kier alpha value is -1.55. The van der Waals surface area contributed by atoms with E-state index in [1.165, 1.54) is 23.2 Å². The Morgan fingerprint density at radius 2 is 2.10 bits per heavy atom. The number of anilines is 1. The number of hydrogen-bond acceptors (Lipinski definition) is 3. The van der Waals surface area contributed by atoms with E-state index in [1.54, 1.807) is 0 Å². The van der Waals surface area contributed by atoms with Crippen molar-refractivity contribution < 1.29 is 4.79 Å². The molecular formula is C17H27N3O. The molecule has 0 saturated carbocycles. The van der Waals surface area contributed by atoms with Gasteiger partial charge in [0.2, 0.25) is 5.91 Å². The zero-order valence-electron chi connectivity index (χ0n) is 13.6. The van der Waals surface area contributed by atoms with Crippen LogP contribution in [0, 0.1) is 0 Å². The van der Waals surface area contributed by atoms with E-state index in [4.69, 9.17) is 0 Å². The van der Waals surface area contributed by atoms with Crippen LogP contribution in [0.2, 0.25) is 0 Å². The molecule has 1 heterocycles. The van der Waals surface area contributed by atoms with Crippen molar-refractivity contribution in [3.63, 3.8) is 0 Å². The zero-order valence-corrected chi connectivity index (χ0v) is 13.6. The number of benzene rings is 1. The van der Waals surface area contributed by atoms with Crippen molar-refractivity contribution in [2.45, 2.75) is 52.2 Å². The number of carbonyl (C=O) groups is 1. The first kappa shape index (κ1) is 15.8. The van der Waals surface area contributed by atoms with Crippen LogP contribution in [0.5, 0.6) is 0 Å². The molecule has 4 heteroatoms. The molecule has 2 rings (SSSR count). The number of aryl methyl sites for hydroxylation is 1. The first-order chi connectivity index (χ1) is 9.97. The number of amides is 1. The summed E-state index contributed by atoms with van der Waals surface area (Å²) in [6, 6.07) is 6.63. The number of nitrogens with zero attached hydrogens (tertiary/aromatic N) is 1. The Morgan fingerprint density at radius 1 is 1.33 bits per heavy atom. The molecule has 0 aliphatic carbocycles. The van der Waals surface area contributed by atoms with Crippen LogP contribution in [0.25, 0.3) is 0 Å². The van der Waals surface area contributed by atoms with E-state index in [0.717, 1.165) is 19.5 Å². The fourth-order valence-corrected chi connectivity index (χ4v) is 2.72. The fraction of sp³-hybridized carbons (Fsp3) is 0.588. The van der Waals surface area contributed by atoms with Gasteiger partial charge in [-0.15, -0.1) is 0 Å². The Kier molecular flexibility index (Phi) is 5.23. The van der Waals surface area contributed by atoms with Gasteiger partial charge in [-0.1, -0.05) is 12.1 Å². The SMILES string of the molecule is CC(C)NC(=O)C(C)NCc1ccc2c(c1)CCCN2C. The smallest absolute Gasteiger partial charge is 0.237 e. The molecule has 0 radical (unpaired) electrons. The molecule has 1 aromatic rings. The standard InChI is InChI=1S/C17H27N3O/c1-12(2)19-17(21)13(3)18-11-14-7-8-16-15(10-14)6-5-9-20(16)4/h7-8,10,12-13,18H,5-6,9,11H2,1-4H3,(H,19,21). The summed E-state index contributed by atoms with van der Waals surface area (Å²) >= 11 is 0. The van der Waals surface area contributed by atoms with Crippen LogP contribution in [0.1, 0.15) is 38.3 Å². The lowest BCUT2D eigenvalue weighted by Gasteiger charge is -2.28. The van der Waals surface area contributed by atoms with Crippen LogP contribution < -0.4 is 15.5 Å². The number of hydrogen-bond donors (Lipinski definition) is 2. The van der Waals surface area contributed by atoms with Gasteiger partial charge < -0.3 is 15.5 Å². The second kappa shape index (κ2) is 6.94. The Balaban J connectivity index is 1.93. The van der Waals surface area contributed by atoms with E-state index in [0.29, 0.717) is 0 Å². The van der Waals surface area contributed by atoms with Gasteiger partial charge >= 0.3 is 0 Å². The summed E-state index contributed by atoms with van der Waals surface area (Å²) in [7, 11) is 2.15. The lowest BCUT2D eigenvalue weighted by molar-refractivity contribution is -0.123. The lowest BCUT2D eigenvalue weighted by atomic mass is 9.99. The average Bonchev–Trinajstić information content (AvgIpc) is 2.44. The van der Waals surface area contributed by atoms with Gasteiger partial charge in [-0.05, 0) is 50.8 Å². The topological polar surface area (TPSA) is 44.4 Å². The number of fused-ring (bicyclic) bond motifs is 1. The molecule has 4 nitrogen and oxygen atoms in total. The molecule has 1 aliphatic rings. The minimum Gasteiger partial charge on any atom is -0.374 e. The van der Waals surface area contributed by atoms with Crippen molar-refractivity contribution in [3.05, 3.63) is 29.3 Å². The largest absolute Gasteiger partial charge is 0.374 e. The maximum Gasteiger partial charge on any atom is 0.237 e. The van der Waals surface area contributed by atoms with Crippen LogP contribution in [0.4, 0.5) is 5.69 Å². The third-order valence-corrected chi connectivity index (χ3v) is 3.93. The summed E-state index contributed by atoms with van der Waals surface area (Å²) in [6.45, 7) is 7.72. The summed E-state index contributed by atoms with van der Waals surface area (Å²) in [6.07, 6.45) is 2.37. The van der Waals surface area contributed by atoms with E-state index in [2.05, 4.69) is 40.8 Å². The van der Waals surface area contributed by atoms with Crippen molar-refractivity contribution in [2.24, 2.45) is 0 Å². The van der Waals surface area contributed by atoms with Gasteiger partial charge in [0.1, 0.15) is 0 Å². The highest BCUT2D eigenvalue weighted by molar-refractivity contribution is 5.81. The first-order valence-electron chi connectivity index (χ1n) is 7.84. The molecule has 2 N–H and O–H groups in total. The summed E-state index contributed by atoms with van der Waals surface area (Å²) < 4.78 is 0. The molecule has 1 aliphatic heterocycles. The molecule has 0 aromatic heterocycles. The minimum absolute atomic E-state index is 0.0580. The van der Waals surface area contributed by atoms with Crippen LogP contribution in [-0.4, -0.2) is 31.6 Å². The predicted octanol–water partition coefficient (Wildman–Crippen LogP) is 2.07. The monoisotopic (exact) mass is 289 g/mol. The van der Waals surface area contributed by atoms with Gasteiger partial charge in [0.15, 0.2) is 0 Å². The Morgan fingerprint density at radius 3 is 2.81 bits per heavy atom. The fourth-order valence-electron chi connectivity index (χ4n) is 2.72. The molecular weight excluding hydrogens is 262 g/mol.